The molecule has 0 spiro atoms. The molecule has 0 saturated carbocycles. The minimum atomic E-state index is -2.86. The normalized spacial score (nSPS) is 8.71. The second-order valence-corrected chi connectivity index (χ2v) is 7.18. The second-order valence-electron chi connectivity index (χ2n) is 2.91. The van der Waals surface area contributed by atoms with E-state index in [2.05, 4.69) is 19.6 Å². The Balaban J connectivity index is -0.000000205. The van der Waals surface area contributed by atoms with Gasteiger partial charge in [-0.1, -0.05) is 0 Å². The minimum absolute atomic E-state index is 0.304. The monoisotopic (exact) mass is 376 g/mol. The number of rotatable bonds is 6. The van der Waals surface area contributed by atoms with Crippen LogP contribution in [0.2, 0.25) is 8.73 Å². The fourth-order valence-electron chi connectivity index (χ4n) is 0.652. The van der Waals surface area contributed by atoms with Crippen molar-refractivity contribution in [3.05, 3.63) is 0 Å². The first kappa shape index (κ1) is 22.2. The quantitative estimate of drug-likeness (QED) is 0.237. The number of amides is 1. The number of unbranched alkanes of at least 4 members (excludes halogenated alkanes) is 2. The molecule has 0 fully saturated rings. The molecular formula is C9H21NO5SSb-2. The van der Waals surface area contributed by atoms with Crippen LogP contribution in [-0.4, -0.2) is 32.3 Å². The maximum absolute atomic E-state index is 8.67. The summed E-state index contributed by atoms with van der Waals surface area (Å²) in [4.78, 5) is 8.67. The molecule has 0 rings (SSSR count). The largest absolute Gasteiger partial charge is 0.530 e. The maximum Gasteiger partial charge on any atom is 0.131 e. The number of carbonyl (C=O) groups is 1. The van der Waals surface area contributed by atoms with Crippen LogP contribution in [0, 0.1) is 0 Å². The summed E-state index contributed by atoms with van der Waals surface area (Å²) in [7, 11) is -2.86. The molecule has 0 aliphatic rings. The minimum Gasteiger partial charge on any atom is -0.530 e. The standard InChI is InChI=1S/2C4H9.CH3NO2.HO3S.Sb/c2*1-3-4-2;2-1(3)4;1-4(2)3;/h2*1,3-4H2,2H3;2H2,(H,3,4);(H,1,2,3);/q;;;-1;/p-1. The van der Waals surface area contributed by atoms with Gasteiger partial charge in [-0.2, -0.15) is 0 Å². The molecule has 0 aromatic rings. The van der Waals surface area contributed by atoms with Gasteiger partial charge in [0, 0.05) is 11.0 Å². The number of carbonyl (C=O) groups excluding carboxylic acids is 1. The molecule has 105 valence electrons. The van der Waals surface area contributed by atoms with Gasteiger partial charge in [-0.3, -0.25) is 0 Å². The van der Waals surface area contributed by atoms with Gasteiger partial charge in [-0.25, -0.2) is 0 Å². The van der Waals surface area contributed by atoms with Crippen LogP contribution < -0.4 is 10.8 Å². The van der Waals surface area contributed by atoms with Crippen molar-refractivity contribution in [3.8, 4) is 0 Å². The van der Waals surface area contributed by atoms with Gasteiger partial charge in [0.25, 0.3) is 0 Å². The zero-order valence-electron chi connectivity index (χ0n) is 10.3. The fraction of sp³-hybridized carbons (Fsp3) is 0.889. The van der Waals surface area contributed by atoms with E-state index in [9.17, 15) is 0 Å². The molecule has 0 unspecified atom stereocenters. The average molecular weight is 377 g/mol. The zero-order chi connectivity index (χ0) is 14.1. The second kappa shape index (κ2) is 21.3. The summed E-state index contributed by atoms with van der Waals surface area (Å²) in [5.41, 5.74) is 3.92. The van der Waals surface area contributed by atoms with E-state index >= 15 is 0 Å². The number of hydrogen-bond donors (Lipinski definition) is 2. The molecule has 0 aliphatic carbocycles. The number of primary amides is 1. The molecule has 0 aromatic carbocycles. The summed E-state index contributed by atoms with van der Waals surface area (Å²) >= 11 is 0.304. The Hall–Kier alpha value is -0.00182. The van der Waals surface area contributed by atoms with E-state index < -0.39 is 17.1 Å². The van der Waals surface area contributed by atoms with Crippen LogP contribution in [0.3, 0.4) is 0 Å². The van der Waals surface area contributed by atoms with Crippen LogP contribution in [-0.2, 0) is 19.4 Å². The predicted octanol–water partition coefficient (Wildman–Crippen LogP) is 1.18. The van der Waals surface area contributed by atoms with Gasteiger partial charge in [0.1, 0.15) is 6.09 Å². The SMILES string of the molecule is CCC[CH2][Sb][CH2]CCC.NC(=O)[O-].O=[S-](=O)O. The summed E-state index contributed by atoms with van der Waals surface area (Å²) in [5, 5.41) is 8.67. The Morgan fingerprint density at radius 1 is 1.24 bits per heavy atom. The van der Waals surface area contributed by atoms with Crippen LogP contribution in [0.1, 0.15) is 39.5 Å². The molecule has 0 aliphatic heterocycles. The van der Waals surface area contributed by atoms with Crippen molar-refractivity contribution in [3.63, 3.8) is 0 Å². The van der Waals surface area contributed by atoms with Crippen molar-refractivity contribution >= 4 is 38.7 Å². The van der Waals surface area contributed by atoms with Gasteiger partial charge in [-0.05, 0) is 0 Å². The predicted molar refractivity (Wildman–Crippen MR) is 66.1 cm³/mol. The summed E-state index contributed by atoms with van der Waals surface area (Å²) in [5.74, 6) is 0. The molecule has 8 heteroatoms. The van der Waals surface area contributed by atoms with Gasteiger partial charge >= 0.3 is 69.9 Å². The van der Waals surface area contributed by atoms with Crippen molar-refractivity contribution in [1.29, 1.82) is 0 Å². The first-order valence-corrected chi connectivity index (χ1v) is 9.90. The summed E-state index contributed by atoms with van der Waals surface area (Å²) in [6.07, 6.45) is 4.23. The molecule has 0 heterocycles. The average Bonchev–Trinajstić information content (AvgIpc) is 2.16. The number of carboxylic acid groups (broad SMARTS) is 1. The van der Waals surface area contributed by atoms with Gasteiger partial charge in [0.15, 0.2) is 0 Å². The first-order chi connectivity index (χ1) is 7.88. The third kappa shape index (κ3) is 87.1. The van der Waals surface area contributed by atoms with Gasteiger partial charge in [0.05, 0.1) is 0 Å². The Morgan fingerprint density at radius 2 is 1.47 bits per heavy atom. The molecule has 0 bridgehead atoms. The van der Waals surface area contributed by atoms with Crippen LogP contribution in [0.15, 0.2) is 0 Å². The maximum atomic E-state index is 8.67. The molecule has 0 saturated heterocycles. The van der Waals surface area contributed by atoms with Gasteiger partial charge in [0.2, 0.25) is 0 Å². The molecule has 0 atom stereocenters. The van der Waals surface area contributed by atoms with Gasteiger partial charge < -0.3 is 28.6 Å². The number of nitrogens with two attached hydrogens (primary N) is 1. The molecule has 1 radical (unpaired) electrons. The van der Waals surface area contributed by atoms with Crippen molar-refractivity contribution in [2.24, 2.45) is 5.73 Å². The van der Waals surface area contributed by atoms with E-state index in [-0.39, 0.29) is 0 Å². The molecule has 17 heavy (non-hydrogen) atoms. The zero-order valence-corrected chi connectivity index (χ0v) is 13.6. The molecule has 1 amide bonds. The molecule has 3 N–H and O–H groups in total. The smallest absolute Gasteiger partial charge is 0.131 e. The fourth-order valence-corrected chi connectivity index (χ4v) is 4.37. The molecule has 6 nitrogen and oxygen atoms in total. The third-order valence-electron chi connectivity index (χ3n) is 1.34. The third-order valence-corrected chi connectivity index (χ3v) is 4.95. The van der Waals surface area contributed by atoms with Crippen molar-refractivity contribution < 1.29 is 22.9 Å². The Morgan fingerprint density at radius 3 is 1.65 bits per heavy atom. The summed E-state index contributed by atoms with van der Waals surface area (Å²) in [6, 6.07) is 0. The van der Waals surface area contributed by atoms with E-state index in [1.165, 1.54) is 25.7 Å². The first-order valence-electron chi connectivity index (χ1n) is 5.26. The van der Waals surface area contributed by atoms with Crippen LogP contribution in [0.5, 0.6) is 0 Å². The van der Waals surface area contributed by atoms with E-state index in [1.807, 2.05) is 0 Å². The van der Waals surface area contributed by atoms with Crippen molar-refractivity contribution in [2.75, 3.05) is 0 Å². The topological polar surface area (TPSA) is 121 Å². The van der Waals surface area contributed by atoms with Crippen LogP contribution in [0.4, 0.5) is 4.79 Å². The molecular weight excluding hydrogens is 356 g/mol. The van der Waals surface area contributed by atoms with E-state index in [0.717, 1.165) is 0 Å². The van der Waals surface area contributed by atoms with Crippen molar-refractivity contribution in [2.45, 2.75) is 48.3 Å². The summed E-state index contributed by atoms with van der Waals surface area (Å²) in [6.45, 7) is 4.58. The molecule has 0 aromatic heterocycles. The number of hydrogen-bond acceptors (Lipinski definition) is 5. The van der Waals surface area contributed by atoms with E-state index in [0.29, 0.717) is 21.6 Å². The van der Waals surface area contributed by atoms with Crippen LogP contribution >= 0.6 is 0 Å². The van der Waals surface area contributed by atoms with E-state index in [1.54, 1.807) is 8.73 Å². The van der Waals surface area contributed by atoms with Crippen LogP contribution in [0.25, 0.3) is 0 Å². The van der Waals surface area contributed by atoms with Crippen molar-refractivity contribution in [1.82, 2.24) is 0 Å². The Labute approximate surface area is 115 Å². The van der Waals surface area contributed by atoms with E-state index in [4.69, 9.17) is 22.9 Å². The van der Waals surface area contributed by atoms with Gasteiger partial charge in [-0.15, -0.1) is 0 Å². The Kier molecular flexibility index (Phi) is 27.8. The summed E-state index contributed by atoms with van der Waals surface area (Å²) < 4.78 is 27.3. The Bertz CT molecular complexity index is 205.